The fourth-order valence-electron chi connectivity index (χ4n) is 2.18. The number of fused-ring (bicyclic) bond motifs is 3. The molecular formula is C14H8Br2O4. The molecule has 20 heavy (non-hydrogen) atoms. The molecule has 0 amide bonds. The van der Waals surface area contributed by atoms with E-state index >= 15 is 0 Å². The summed E-state index contributed by atoms with van der Waals surface area (Å²) >= 11 is 6.54. The third kappa shape index (κ3) is 1.94. The third-order valence-electron chi connectivity index (χ3n) is 3.10. The molecule has 1 aromatic carbocycles. The monoisotopic (exact) mass is 398 g/mol. The summed E-state index contributed by atoms with van der Waals surface area (Å²) in [5, 5.41) is 0. The standard InChI is InChI=1S/C14H8Br2O4/c15-13-14(16)20-12-6-10-9(5-11(12)19-13)17-7-3-1-2-4-8(7)18-10/h1,3,5-6H,2,4H2. The Bertz CT molecular complexity index is 889. The van der Waals surface area contributed by atoms with E-state index in [1.165, 1.54) is 0 Å². The van der Waals surface area contributed by atoms with E-state index in [4.69, 9.17) is 17.7 Å². The van der Waals surface area contributed by atoms with Crippen molar-refractivity contribution in [1.29, 1.82) is 0 Å². The molecule has 2 heterocycles. The number of rotatable bonds is 0. The highest BCUT2D eigenvalue weighted by molar-refractivity contribution is 9.13. The molecule has 4 nitrogen and oxygen atoms in total. The largest absolute Gasteiger partial charge is 0.454 e. The lowest BCUT2D eigenvalue weighted by Crippen LogP contribution is -1.94. The van der Waals surface area contributed by atoms with Gasteiger partial charge in [-0.1, -0.05) is 6.08 Å². The van der Waals surface area contributed by atoms with Crippen LogP contribution in [0.15, 0.2) is 45.2 Å². The lowest BCUT2D eigenvalue weighted by atomic mass is 10.1. The maximum absolute atomic E-state index is 5.89. The van der Waals surface area contributed by atoms with Crippen LogP contribution >= 0.6 is 31.9 Å². The molecule has 2 aromatic heterocycles. The Morgan fingerprint density at radius 2 is 1.40 bits per heavy atom. The van der Waals surface area contributed by atoms with E-state index in [0.717, 1.165) is 24.4 Å². The van der Waals surface area contributed by atoms with Gasteiger partial charge < -0.3 is 17.7 Å². The molecule has 0 spiro atoms. The predicted octanol–water partition coefficient (Wildman–Crippen LogP) is 5.97. The van der Waals surface area contributed by atoms with Crippen molar-refractivity contribution in [3.05, 3.63) is 39.1 Å². The van der Waals surface area contributed by atoms with Gasteiger partial charge in [-0.2, -0.15) is 0 Å². The van der Waals surface area contributed by atoms with Gasteiger partial charge in [-0.3, -0.25) is 0 Å². The van der Waals surface area contributed by atoms with Gasteiger partial charge in [0.2, 0.25) is 9.34 Å². The van der Waals surface area contributed by atoms with E-state index in [9.17, 15) is 0 Å². The van der Waals surface area contributed by atoms with Crippen LogP contribution in [0.5, 0.6) is 0 Å². The zero-order chi connectivity index (χ0) is 13.7. The number of benzene rings is 1. The van der Waals surface area contributed by atoms with Crippen LogP contribution in [-0.4, -0.2) is 0 Å². The SMILES string of the molecule is Brc1oc2cc3oc4c(oc3cc2oc1Br)CCC=C4. The summed E-state index contributed by atoms with van der Waals surface area (Å²) in [6.07, 6.45) is 5.81. The summed E-state index contributed by atoms with van der Waals surface area (Å²) in [6, 6.07) is 3.53. The molecule has 3 aromatic rings. The molecule has 0 atom stereocenters. The first-order valence-electron chi connectivity index (χ1n) is 6.05. The van der Waals surface area contributed by atoms with Gasteiger partial charge in [-0.25, -0.2) is 0 Å². The molecular weight excluding hydrogens is 392 g/mol. The Morgan fingerprint density at radius 1 is 0.800 bits per heavy atom. The maximum Gasteiger partial charge on any atom is 0.219 e. The van der Waals surface area contributed by atoms with Crippen molar-refractivity contribution in [3.63, 3.8) is 0 Å². The lowest BCUT2D eigenvalue weighted by Gasteiger charge is -2.10. The topological polar surface area (TPSA) is 52.6 Å². The Kier molecular flexibility index (Phi) is 2.82. The van der Waals surface area contributed by atoms with Crippen molar-refractivity contribution >= 4 is 60.3 Å². The molecule has 1 aliphatic rings. The molecule has 0 N–H and O–H groups in total. The minimum atomic E-state index is 0.485. The fraction of sp³-hybridized carbons (Fsp3) is 0.143. The first-order valence-corrected chi connectivity index (χ1v) is 7.64. The number of allylic oxidation sites excluding steroid dienone is 1. The Balaban J connectivity index is 2.06. The van der Waals surface area contributed by atoms with E-state index in [-0.39, 0.29) is 0 Å². The Labute approximate surface area is 130 Å². The van der Waals surface area contributed by atoms with Crippen LogP contribution in [0, 0.1) is 0 Å². The molecule has 102 valence electrons. The molecule has 0 unspecified atom stereocenters. The molecule has 0 fully saturated rings. The van der Waals surface area contributed by atoms with Crippen molar-refractivity contribution < 1.29 is 17.7 Å². The zero-order valence-electron chi connectivity index (χ0n) is 10.1. The number of halogens is 2. The first kappa shape index (κ1) is 12.3. The average molecular weight is 400 g/mol. The van der Waals surface area contributed by atoms with Crippen molar-refractivity contribution in [2.45, 2.75) is 12.8 Å². The Morgan fingerprint density at radius 3 is 2.10 bits per heavy atom. The highest BCUT2D eigenvalue weighted by Gasteiger charge is 2.14. The van der Waals surface area contributed by atoms with Gasteiger partial charge in [-0.15, -0.1) is 0 Å². The summed E-state index contributed by atoms with van der Waals surface area (Å²) in [7, 11) is 0. The van der Waals surface area contributed by atoms with Crippen LogP contribution in [0.3, 0.4) is 0 Å². The number of hydrogen-bond acceptors (Lipinski definition) is 4. The normalized spacial score (nSPS) is 13.9. The Hall–Kier alpha value is -1.40. The molecule has 0 saturated heterocycles. The summed E-state index contributed by atoms with van der Waals surface area (Å²) in [6.45, 7) is 0. The number of aryl methyl sites for hydroxylation is 1. The van der Waals surface area contributed by atoms with Gasteiger partial charge in [-0.05, 0) is 44.4 Å². The van der Waals surface area contributed by atoms with E-state index in [1.807, 2.05) is 6.08 Å². The predicted molar refractivity (Wildman–Crippen MR) is 80.9 cm³/mol. The van der Waals surface area contributed by atoms with Gasteiger partial charge >= 0.3 is 0 Å². The van der Waals surface area contributed by atoms with Crippen LogP contribution in [0.2, 0.25) is 0 Å². The van der Waals surface area contributed by atoms with Crippen LogP contribution in [0.25, 0.3) is 28.4 Å². The smallest absolute Gasteiger partial charge is 0.219 e. The fourth-order valence-corrected chi connectivity index (χ4v) is 2.69. The molecule has 0 radical (unpaired) electrons. The third-order valence-corrected chi connectivity index (χ3v) is 4.67. The van der Waals surface area contributed by atoms with Gasteiger partial charge in [0.05, 0.1) is 0 Å². The van der Waals surface area contributed by atoms with Crippen molar-refractivity contribution in [2.75, 3.05) is 0 Å². The van der Waals surface area contributed by atoms with Gasteiger partial charge in [0, 0.05) is 18.6 Å². The van der Waals surface area contributed by atoms with Crippen molar-refractivity contribution in [3.8, 4) is 0 Å². The maximum atomic E-state index is 5.89. The van der Waals surface area contributed by atoms with Crippen LogP contribution in [0.4, 0.5) is 0 Å². The van der Waals surface area contributed by atoms with E-state index < -0.39 is 0 Å². The second kappa shape index (κ2) is 4.56. The minimum absolute atomic E-state index is 0.485. The number of hydrogen-bond donors (Lipinski definition) is 0. The highest BCUT2D eigenvalue weighted by atomic mass is 79.9. The second-order valence-electron chi connectivity index (χ2n) is 4.43. The van der Waals surface area contributed by atoms with Crippen LogP contribution in [-0.2, 0) is 6.42 Å². The summed E-state index contributed by atoms with van der Waals surface area (Å²) in [4.78, 5) is 0. The molecule has 0 bridgehead atoms. The molecule has 0 aliphatic heterocycles. The average Bonchev–Trinajstić information content (AvgIpc) is 2.44. The molecule has 1 aliphatic carbocycles. The lowest BCUT2D eigenvalue weighted by molar-refractivity contribution is 0.446. The van der Waals surface area contributed by atoms with E-state index in [0.29, 0.717) is 31.7 Å². The summed E-state index contributed by atoms with van der Waals surface area (Å²) < 4.78 is 23.9. The summed E-state index contributed by atoms with van der Waals surface area (Å²) in [5.74, 6) is 1.61. The van der Waals surface area contributed by atoms with Crippen LogP contribution < -0.4 is 0 Å². The molecule has 6 heteroatoms. The van der Waals surface area contributed by atoms with Crippen molar-refractivity contribution in [1.82, 2.24) is 0 Å². The summed E-state index contributed by atoms with van der Waals surface area (Å²) in [5.41, 5.74) is 2.42. The van der Waals surface area contributed by atoms with E-state index in [1.54, 1.807) is 12.1 Å². The zero-order valence-corrected chi connectivity index (χ0v) is 13.3. The van der Waals surface area contributed by atoms with Crippen LogP contribution in [0.1, 0.15) is 17.9 Å². The second-order valence-corrected chi connectivity index (χ2v) is 5.87. The molecule has 0 saturated carbocycles. The quantitative estimate of drug-likeness (QED) is 0.436. The van der Waals surface area contributed by atoms with Gasteiger partial charge in [0.1, 0.15) is 5.76 Å². The minimum Gasteiger partial charge on any atom is -0.454 e. The first-order chi connectivity index (χ1) is 9.70. The highest BCUT2D eigenvalue weighted by Crippen LogP contribution is 2.33. The molecule has 4 rings (SSSR count). The van der Waals surface area contributed by atoms with E-state index in [2.05, 4.69) is 37.9 Å². The van der Waals surface area contributed by atoms with Crippen molar-refractivity contribution in [2.24, 2.45) is 0 Å². The van der Waals surface area contributed by atoms with Gasteiger partial charge in [0.25, 0.3) is 0 Å². The van der Waals surface area contributed by atoms with Gasteiger partial charge in [0.15, 0.2) is 28.1 Å².